The Bertz CT molecular complexity index is 930. The first-order chi connectivity index (χ1) is 11.4. The van der Waals surface area contributed by atoms with E-state index in [1.165, 1.54) is 0 Å². The number of hydrogen-bond donors (Lipinski definition) is 0. The van der Waals surface area contributed by atoms with Crippen molar-refractivity contribution in [3.8, 4) is 17.1 Å². The molecule has 0 atom stereocenters. The van der Waals surface area contributed by atoms with Crippen molar-refractivity contribution in [2.75, 3.05) is 0 Å². The molecule has 2 heterocycles. The fourth-order valence-electron chi connectivity index (χ4n) is 2.39. The molecule has 5 nitrogen and oxygen atoms in total. The van der Waals surface area contributed by atoms with Gasteiger partial charge in [0, 0.05) is 23.3 Å². The third-order valence-electron chi connectivity index (χ3n) is 3.51. The lowest BCUT2D eigenvalue weighted by molar-refractivity contribution is 0.245. The molecule has 0 aliphatic heterocycles. The summed E-state index contributed by atoms with van der Waals surface area (Å²) >= 11 is 0. The Hall–Kier alpha value is -3.21. The van der Waals surface area contributed by atoms with Gasteiger partial charge in [0.05, 0.1) is 0 Å². The van der Waals surface area contributed by atoms with Crippen molar-refractivity contribution in [1.29, 1.82) is 0 Å². The Morgan fingerprint density at radius 3 is 2.65 bits per heavy atom. The SMILES string of the molecule is c1ccc2c(OCc3nc(-c4ccncc4)no3)cccc2c1. The second kappa shape index (κ2) is 5.88. The highest BCUT2D eigenvalue weighted by Crippen LogP contribution is 2.26. The summed E-state index contributed by atoms with van der Waals surface area (Å²) in [4.78, 5) is 8.32. The first kappa shape index (κ1) is 13.5. The summed E-state index contributed by atoms with van der Waals surface area (Å²) in [6.07, 6.45) is 3.38. The van der Waals surface area contributed by atoms with Crippen LogP contribution in [0.2, 0.25) is 0 Å². The van der Waals surface area contributed by atoms with E-state index in [0.717, 1.165) is 22.1 Å². The molecule has 112 valence electrons. The summed E-state index contributed by atoms with van der Waals surface area (Å²) in [5, 5.41) is 6.16. The van der Waals surface area contributed by atoms with Crippen LogP contribution < -0.4 is 4.74 Å². The number of benzene rings is 2. The summed E-state index contributed by atoms with van der Waals surface area (Å²) in [5.74, 6) is 1.76. The molecule has 0 saturated heterocycles. The molecule has 0 aliphatic rings. The molecule has 0 saturated carbocycles. The normalized spacial score (nSPS) is 10.8. The van der Waals surface area contributed by atoms with E-state index in [4.69, 9.17) is 9.26 Å². The average molecular weight is 303 g/mol. The molecule has 0 amide bonds. The van der Waals surface area contributed by atoms with Crippen LogP contribution in [0.5, 0.6) is 5.75 Å². The molecule has 0 bridgehead atoms. The van der Waals surface area contributed by atoms with Gasteiger partial charge in [-0.15, -0.1) is 0 Å². The largest absolute Gasteiger partial charge is 0.483 e. The van der Waals surface area contributed by atoms with Crippen LogP contribution in [-0.4, -0.2) is 15.1 Å². The smallest absolute Gasteiger partial charge is 0.264 e. The second-order valence-electron chi connectivity index (χ2n) is 5.01. The molecule has 23 heavy (non-hydrogen) atoms. The van der Waals surface area contributed by atoms with E-state index in [1.807, 2.05) is 42.5 Å². The monoisotopic (exact) mass is 303 g/mol. The van der Waals surface area contributed by atoms with E-state index in [9.17, 15) is 0 Å². The van der Waals surface area contributed by atoms with Crippen LogP contribution in [0.25, 0.3) is 22.2 Å². The lowest BCUT2D eigenvalue weighted by atomic mass is 10.1. The zero-order valence-electron chi connectivity index (χ0n) is 12.2. The first-order valence-electron chi connectivity index (χ1n) is 7.24. The van der Waals surface area contributed by atoms with Crippen molar-refractivity contribution in [2.45, 2.75) is 6.61 Å². The molecule has 5 heteroatoms. The van der Waals surface area contributed by atoms with Crippen molar-refractivity contribution in [3.05, 3.63) is 72.9 Å². The van der Waals surface area contributed by atoms with Crippen LogP contribution in [0.1, 0.15) is 5.89 Å². The number of ether oxygens (including phenoxy) is 1. The Kier molecular flexibility index (Phi) is 3.44. The Labute approximate surface area is 132 Å². The Balaban J connectivity index is 1.54. The lowest BCUT2D eigenvalue weighted by Crippen LogP contribution is -1.96. The van der Waals surface area contributed by atoms with E-state index in [-0.39, 0.29) is 6.61 Å². The van der Waals surface area contributed by atoms with Gasteiger partial charge in [-0.1, -0.05) is 41.6 Å². The molecular weight excluding hydrogens is 290 g/mol. The molecule has 4 aromatic rings. The van der Waals surface area contributed by atoms with Gasteiger partial charge in [0.25, 0.3) is 5.89 Å². The van der Waals surface area contributed by atoms with Gasteiger partial charge in [-0.25, -0.2) is 0 Å². The van der Waals surface area contributed by atoms with Gasteiger partial charge in [0.1, 0.15) is 5.75 Å². The molecule has 0 unspecified atom stereocenters. The van der Waals surface area contributed by atoms with Crippen molar-refractivity contribution in [3.63, 3.8) is 0 Å². The predicted molar refractivity (Wildman–Crippen MR) is 85.8 cm³/mol. The van der Waals surface area contributed by atoms with Crippen molar-refractivity contribution < 1.29 is 9.26 Å². The van der Waals surface area contributed by atoms with Crippen molar-refractivity contribution >= 4 is 10.8 Å². The molecule has 0 N–H and O–H groups in total. The fourth-order valence-corrected chi connectivity index (χ4v) is 2.39. The lowest BCUT2D eigenvalue weighted by Gasteiger charge is -2.06. The van der Waals surface area contributed by atoms with Gasteiger partial charge in [0.2, 0.25) is 5.82 Å². The number of nitrogens with zero attached hydrogens (tertiary/aromatic N) is 3. The highest BCUT2D eigenvalue weighted by atomic mass is 16.5. The third-order valence-corrected chi connectivity index (χ3v) is 3.51. The predicted octanol–water partition coefficient (Wildman–Crippen LogP) is 3.86. The highest BCUT2D eigenvalue weighted by molar-refractivity contribution is 5.88. The van der Waals surface area contributed by atoms with Crippen LogP contribution in [0.3, 0.4) is 0 Å². The highest BCUT2D eigenvalue weighted by Gasteiger charge is 2.09. The molecule has 4 rings (SSSR count). The zero-order chi connectivity index (χ0) is 15.5. The van der Waals surface area contributed by atoms with Crippen LogP contribution in [-0.2, 0) is 6.61 Å². The number of aromatic nitrogens is 3. The van der Waals surface area contributed by atoms with Crippen molar-refractivity contribution in [1.82, 2.24) is 15.1 Å². The minimum Gasteiger partial charge on any atom is -0.483 e. The quantitative estimate of drug-likeness (QED) is 0.573. The maximum Gasteiger partial charge on any atom is 0.264 e. The summed E-state index contributed by atoms with van der Waals surface area (Å²) in [5.41, 5.74) is 0.861. The molecule has 0 fully saturated rings. The second-order valence-corrected chi connectivity index (χ2v) is 5.01. The van der Waals surface area contributed by atoms with Gasteiger partial charge >= 0.3 is 0 Å². The molecule has 0 spiro atoms. The number of pyridine rings is 1. The third kappa shape index (κ3) is 2.76. The van der Waals surface area contributed by atoms with Gasteiger partial charge in [0.15, 0.2) is 6.61 Å². The Morgan fingerprint density at radius 1 is 0.913 bits per heavy atom. The maximum absolute atomic E-state index is 5.85. The molecular formula is C18H13N3O2. The minimum atomic E-state index is 0.228. The summed E-state index contributed by atoms with van der Waals surface area (Å²) in [6, 6.07) is 17.7. The van der Waals surface area contributed by atoms with E-state index < -0.39 is 0 Å². The number of hydrogen-bond acceptors (Lipinski definition) is 5. The minimum absolute atomic E-state index is 0.228. The standard InChI is InChI=1S/C18H13N3O2/c1-2-6-15-13(4-1)5-3-7-16(15)22-12-17-20-18(21-23-17)14-8-10-19-11-9-14/h1-11H,12H2. The molecule has 2 aromatic carbocycles. The number of fused-ring (bicyclic) bond motifs is 1. The van der Waals surface area contributed by atoms with E-state index >= 15 is 0 Å². The van der Waals surface area contributed by atoms with E-state index in [1.54, 1.807) is 12.4 Å². The topological polar surface area (TPSA) is 61.0 Å². The summed E-state index contributed by atoms with van der Waals surface area (Å²) < 4.78 is 11.1. The van der Waals surface area contributed by atoms with E-state index in [2.05, 4.69) is 27.3 Å². The van der Waals surface area contributed by atoms with Crippen LogP contribution >= 0.6 is 0 Å². The van der Waals surface area contributed by atoms with Crippen molar-refractivity contribution in [2.24, 2.45) is 0 Å². The van der Waals surface area contributed by atoms with Gasteiger partial charge in [-0.3, -0.25) is 4.98 Å². The first-order valence-corrected chi connectivity index (χ1v) is 7.24. The fraction of sp³-hybridized carbons (Fsp3) is 0.0556. The molecule has 2 aromatic heterocycles. The molecule has 0 aliphatic carbocycles. The van der Waals surface area contributed by atoms with E-state index in [0.29, 0.717) is 11.7 Å². The van der Waals surface area contributed by atoms with Crippen LogP contribution in [0.4, 0.5) is 0 Å². The summed E-state index contributed by atoms with van der Waals surface area (Å²) in [7, 11) is 0. The zero-order valence-corrected chi connectivity index (χ0v) is 12.2. The van der Waals surface area contributed by atoms with Crippen LogP contribution in [0, 0.1) is 0 Å². The summed E-state index contributed by atoms with van der Waals surface area (Å²) in [6.45, 7) is 0.228. The van der Waals surface area contributed by atoms with Crippen LogP contribution in [0.15, 0.2) is 71.5 Å². The number of rotatable bonds is 4. The van der Waals surface area contributed by atoms with Gasteiger partial charge in [-0.2, -0.15) is 4.98 Å². The molecule has 0 radical (unpaired) electrons. The van der Waals surface area contributed by atoms with Gasteiger partial charge in [-0.05, 0) is 23.6 Å². The van der Waals surface area contributed by atoms with Gasteiger partial charge < -0.3 is 9.26 Å². The average Bonchev–Trinajstić information content (AvgIpc) is 3.10. The maximum atomic E-state index is 5.85. The Morgan fingerprint density at radius 2 is 1.74 bits per heavy atom.